The molecule has 0 aromatic rings. The molecule has 0 atom stereocenters. The van der Waals surface area contributed by atoms with Crippen molar-refractivity contribution in [1.29, 1.82) is 0 Å². The summed E-state index contributed by atoms with van der Waals surface area (Å²) in [5.74, 6) is -0.890. The number of amides is 1. The average molecular weight is 307 g/mol. The molecule has 2 nitrogen and oxygen atoms in total. The highest BCUT2D eigenvalue weighted by Crippen LogP contribution is 2.31. The molecule has 0 spiro atoms. The number of nitrogens with zero attached hydrogens (tertiary/aromatic N) is 1. The second-order valence-electron chi connectivity index (χ2n) is 6.42. The molecule has 0 aliphatic rings. The molecule has 0 aliphatic carbocycles. The van der Waals surface area contributed by atoms with E-state index in [2.05, 4.69) is 0 Å². The summed E-state index contributed by atoms with van der Waals surface area (Å²) in [5.41, 5.74) is -1.73. The highest BCUT2D eigenvalue weighted by molar-refractivity contribution is 5.94. The summed E-state index contributed by atoms with van der Waals surface area (Å²) in [6.07, 6.45) is -0.437. The molecule has 0 radical (unpaired) electrons. The minimum Gasteiger partial charge on any atom is -0.339 e. The molecule has 0 N–H and O–H groups in total. The molecule has 124 valence electrons. The Morgan fingerprint density at radius 1 is 1.00 bits per heavy atom. The summed E-state index contributed by atoms with van der Waals surface area (Å²) in [4.78, 5) is 13.7. The lowest BCUT2D eigenvalue weighted by Gasteiger charge is -2.26. The number of allylic oxidation sites excluding steroid dienone is 1. The van der Waals surface area contributed by atoms with Gasteiger partial charge in [0.1, 0.15) is 5.57 Å². The van der Waals surface area contributed by atoms with Crippen LogP contribution in [-0.2, 0) is 4.79 Å². The fourth-order valence-corrected chi connectivity index (χ4v) is 1.88. The van der Waals surface area contributed by atoms with E-state index in [0.29, 0.717) is 13.1 Å². The van der Waals surface area contributed by atoms with Gasteiger partial charge in [0.05, 0.1) is 0 Å². The van der Waals surface area contributed by atoms with Crippen molar-refractivity contribution in [3.8, 4) is 0 Å². The van der Waals surface area contributed by atoms with Gasteiger partial charge in [0.15, 0.2) is 0 Å². The van der Waals surface area contributed by atoms with Crippen LogP contribution in [0.15, 0.2) is 11.6 Å². The number of rotatable bonds is 7. The van der Waals surface area contributed by atoms with E-state index < -0.39 is 23.1 Å². The third-order valence-electron chi connectivity index (χ3n) is 2.96. The number of halogens is 3. The van der Waals surface area contributed by atoms with Crippen molar-refractivity contribution in [2.45, 2.75) is 66.5 Å². The van der Waals surface area contributed by atoms with Gasteiger partial charge in [-0.2, -0.15) is 13.2 Å². The van der Waals surface area contributed by atoms with Gasteiger partial charge < -0.3 is 4.90 Å². The zero-order valence-corrected chi connectivity index (χ0v) is 13.8. The molecule has 0 aromatic carbocycles. The van der Waals surface area contributed by atoms with Crippen LogP contribution in [0.1, 0.15) is 60.3 Å². The lowest BCUT2D eigenvalue weighted by atomic mass is 9.92. The molecule has 0 fully saturated rings. The van der Waals surface area contributed by atoms with Gasteiger partial charge in [0, 0.05) is 13.1 Å². The second-order valence-corrected chi connectivity index (χ2v) is 6.42. The molecule has 0 saturated carbocycles. The Morgan fingerprint density at radius 2 is 1.43 bits per heavy atom. The highest BCUT2D eigenvalue weighted by atomic mass is 19.4. The summed E-state index contributed by atoms with van der Waals surface area (Å²) in [7, 11) is 0. The van der Waals surface area contributed by atoms with Crippen molar-refractivity contribution in [1.82, 2.24) is 4.90 Å². The van der Waals surface area contributed by atoms with Gasteiger partial charge in [-0.1, -0.05) is 53.5 Å². The molecule has 5 heteroatoms. The van der Waals surface area contributed by atoms with Crippen LogP contribution in [0.25, 0.3) is 0 Å². The van der Waals surface area contributed by atoms with Crippen LogP contribution in [0.3, 0.4) is 0 Å². The lowest BCUT2D eigenvalue weighted by Crippen LogP contribution is -2.38. The van der Waals surface area contributed by atoms with Gasteiger partial charge in [0.25, 0.3) is 5.91 Å². The zero-order valence-electron chi connectivity index (χ0n) is 13.8. The Balaban J connectivity index is 5.34. The Morgan fingerprint density at radius 3 is 1.71 bits per heavy atom. The molecular weight excluding hydrogens is 279 g/mol. The molecule has 0 aromatic heterocycles. The maximum absolute atomic E-state index is 13.2. The van der Waals surface area contributed by atoms with E-state index in [9.17, 15) is 18.0 Å². The van der Waals surface area contributed by atoms with Crippen molar-refractivity contribution in [3.05, 3.63) is 11.6 Å². The van der Waals surface area contributed by atoms with E-state index in [0.717, 1.165) is 31.8 Å². The van der Waals surface area contributed by atoms with E-state index in [-0.39, 0.29) is 0 Å². The normalized spacial score (nSPS) is 13.4. The van der Waals surface area contributed by atoms with Crippen LogP contribution >= 0.6 is 0 Å². The average Bonchev–Trinajstić information content (AvgIpc) is 2.33. The van der Waals surface area contributed by atoms with E-state index >= 15 is 0 Å². The molecule has 0 rings (SSSR count). The maximum Gasteiger partial charge on any atom is 0.421 e. The molecule has 21 heavy (non-hydrogen) atoms. The standard InChI is InChI=1S/C16H28F3NO/c1-6-8-10-20(11-9-7-2)14(21)13(16(17,18)19)12-15(3,4)5/h12H,6-11H2,1-5H3/b13-12-. The van der Waals surface area contributed by atoms with Crippen molar-refractivity contribution in [3.63, 3.8) is 0 Å². The fraction of sp³-hybridized carbons (Fsp3) is 0.812. The quantitative estimate of drug-likeness (QED) is 0.609. The number of hydrogen-bond donors (Lipinski definition) is 0. The number of hydrogen-bond acceptors (Lipinski definition) is 1. The minimum atomic E-state index is -4.61. The van der Waals surface area contributed by atoms with E-state index in [1.54, 1.807) is 20.8 Å². The van der Waals surface area contributed by atoms with Crippen molar-refractivity contribution >= 4 is 5.91 Å². The monoisotopic (exact) mass is 307 g/mol. The van der Waals surface area contributed by atoms with Gasteiger partial charge >= 0.3 is 6.18 Å². The maximum atomic E-state index is 13.2. The van der Waals surface area contributed by atoms with E-state index in [1.165, 1.54) is 4.90 Å². The second kappa shape index (κ2) is 8.44. The third kappa shape index (κ3) is 8.12. The highest BCUT2D eigenvalue weighted by Gasteiger charge is 2.41. The molecule has 1 amide bonds. The van der Waals surface area contributed by atoms with Crippen LogP contribution in [0.2, 0.25) is 0 Å². The van der Waals surface area contributed by atoms with Crippen LogP contribution in [0, 0.1) is 5.41 Å². The predicted octanol–water partition coefficient (Wildman–Crippen LogP) is 4.95. The lowest BCUT2D eigenvalue weighted by molar-refractivity contribution is -0.140. The number of carbonyl (C=O) groups is 1. The van der Waals surface area contributed by atoms with Crippen molar-refractivity contribution in [2.75, 3.05) is 13.1 Å². The summed E-state index contributed by atoms with van der Waals surface area (Å²) >= 11 is 0. The number of alkyl halides is 3. The summed E-state index contributed by atoms with van der Waals surface area (Å²) in [5, 5.41) is 0. The molecule has 0 saturated heterocycles. The Hall–Kier alpha value is -1.00. The number of unbranched alkanes of at least 4 members (excludes halogenated alkanes) is 2. The number of carbonyl (C=O) groups excluding carboxylic acids is 1. The van der Waals surface area contributed by atoms with E-state index in [4.69, 9.17) is 0 Å². The topological polar surface area (TPSA) is 20.3 Å². The minimum absolute atomic E-state index is 0.382. The van der Waals surface area contributed by atoms with Gasteiger partial charge in [-0.3, -0.25) is 4.79 Å². The Labute approximate surface area is 126 Å². The van der Waals surface area contributed by atoms with E-state index in [1.807, 2.05) is 13.8 Å². The Kier molecular flexibility index (Phi) is 8.04. The van der Waals surface area contributed by atoms with Gasteiger partial charge in [0.2, 0.25) is 0 Å². The predicted molar refractivity (Wildman–Crippen MR) is 80.0 cm³/mol. The first-order valence-corrected chi connectivity index (χ1v) is 7.62. The first-order valence-electron chi connectivity index (χ1n) is 7.62. The fourth-order valence-electron chi connectivity index (χ4n) is 1.88. The van der Waals surface area contributed by atoms with Crippen LogP contribution in [0.5, 0.6) is 0 Å². The first-order chi connectivity index (χ1) is 9.53. The smallest absolute Gasteiger partial charge is 0.339 e. The largest absolute Gasteiger partial charge is 0.421 e. The third-order valence-corrected chi connectivity index (χ3v) is 2.96. The Bertz CT molecular complexity index is 346. The van der Waals surface area contributed by atoms with Crippen molar-refractivity contribution < 1.29 is 18.0 Å². The molecule has 0 unspecified atom stereocenters. The van der Waals surface area contributed by atoms with Crippen LogP contribution in [0.4, 0.5) is 13.2 Å². The summed E-state index contributed by atoms with van der Waals surface area (Å²) in [6, 6.07) is 0. The summed E-state index contributed by atoms with van der Waals surface area (Å²) in [6.45, 7) is 9.66. The van der Waals surface area contributed by atoms with Gasteiger partial charge in [-0.05, 0) is 18.3 Å². The molecule has 0 bridgehead atoms. The zero-order chi connectivity index (χ0) is 16.7. The van der Waals surface area contributed by atoms with Crippen LogP contribution in [-0.4, -0.2) is 30.1 Å². The molecular formula is C16H28F3NO. The van der Waals surface area contributed by atoms with Crippen LogP contribution < -0.4 is 0 Å². The molecule has 0 aliphatic heterocycles. The summed E-state index contributed by atoms with van der Waals surface area (Å²) < 4.78 is 39.6. The van der Waals surface area contributed by atoms with Crippen molar-refractivity contribution in [2.24, 2.45) is 5.41 Å². The van der Waals surface area contributed by atoms with Gasteiger partial charge in [-0.25, -0.2) is 0 Å². The van der Waals surface area contributed by atoms with Gasteiger partial charge in [-0.15, -0.1) is 0 Å². The SMILES string of the molecule is CCCCN(CCCC)C(=O)/C(=C/C(C)(C)C)C(F)(F)F. The molecule has 0 heterocycles. The first kappa shape index (κ1) is 20.0.